The Morgan fingerprint density at radius 1 is 1.00 bits per heavy atom. The standard InChI is InChI=1S/C16H12ClNO2/c1-19-12-5-3-6-13(10-12)20-14-7-2-4-11-8-9-18-16(17)15(11)14/h2-10H,1H3. The van der Waals surface area contributed by atoms with Gasteiger partial charge in [0.25, 0.3) is 0 Å². The third kappa shape index (κ3) is 2.40. The van der Waals surface area contributed by atoms with Crippen LogP contribution in [-0.4, -0.2) is 12.1 Å². The van der Waals surface area contributed by atoms with Crippen molar-refractivity contribution in [3.8, 4) is 17.2 Å². The summed E-state index contributed by atoms with van der Waals surface area (Å²) in [7, 11) is 1.62. The maximum absolute atomic E-state index is 6.17. The van der Waals surface area contributed by atoms with Gasteiger partial charge < -0.3 is 9.47 Å². The van der Waals surface area contributed by atoms with Crippen molar-refractivity contribution in [2.45, 2.75) is 0 Å². The zero-order valence-electron chi connectivity index (χ0n) is 10.8. The Labute approximate surface area is 121 Å². The van der Waals surface area contributed by atoms with Crippen LogP contribution in [0.2, 0.25) is 5.15 Å². The van der Waals surface area contributed by atoms with Gasteiger partial charge in [-0.05, 0) is 29.7 Å². The normalized spacial score (nSPS) is 10.5. The monoisotopic (exact) mass is 285 g/mol. The second-order valence-corrected chi connectivity index (χ2v) is 4.60. The van der Waals surface area contributed by atoms with Crippen molar-refractivity contribution >= 4 is 22.4 Å². The lowest BCUT2D eigenvalue weighted by Crippen LogP contribution is -1.89. The van der Waals surface area contributed by atoms with E-state index in [2.05, 4.69) is 4.98 Å². The van der Waals surface area contributed by atoms with E-state index < -0.39 is 0 Å². The van der Waals surface area contributed by atoms with E-state index in [-0.39, 0.29) is 0 Å². The summed E-state index contributed by atoms with van der Waals surface area (Å²) >= 11 is 6.17. The molecule has 0 radical (unpaired) electrons. The lowest BCUT2D eigenvalue weighted by molar-refractivity contribution is 0.409. The summed E-state index contributed by atoms with van der Waals surface area (Å²) in [6.07, 6.45) is 1.68. The van der Waals surface area contributed by atoms with Crippen molar-refractivity contribution in [2.75, 3.05) is 7.11 Å². The number of nitrogens with zero attached hydrogens (tertiary/aromatic N) is 1. The molecule has 0 N–H and O–H groups in total. The maximum atomic E-state index is 6.17. The molecule has 0 aliphatic rings. The van der Waals surface area contributed by atoms with Gasteiger partial charge in [0, 0.05) is 12.3 Å². The van der Waals surface area contributed by atoms with Crippen LogP contribution < -0.4 is 9.47 Å². The molecule has 0 fully saturated rings. The molecule has 0 bridgehead atoms. The van der Waals surface area contributed by atoms with E-state index in [1.165, 1.54) is 0 Å². The predicted molar refractivity (Wildman–Crippen MR) is 79.8 cm³/mol. The molecule has 2 aromatic carbocycles. The molecule has 3 aromatic rings. The van der Waals surface area contributed by atoms with Crippen molar-refractivity contribution < 1.29 is 9.47 Å². The highest BCUT2D eigenvalue weighted by Crippen LogP contribution is 2.34. The third-order valence-electron chi connectivity index (χ3n) is 2.98. The van der Waals surface area contributed by atoms with E-state index in [1.807, 2.05) is 48.5 Å². The molecule has 3 rings (SSSR count). The predicted octanol–water partition coefficient (Wildman–Crippen LogP) is 4.69. The van der Waals surface area contributed by atoms with Gasteiger partial charge in [0.05, 0.1) is 12.5 Å². The number of rotatable bonds is 3. The van der Waals surface area contributed by atoms with Crippen LogP contribution in [0.3, 0.4) is 0 Å². The van der Waals surface area contributed by atoms with Crippen molar-refractivity contribution in [3.63, 3.8) is 0 Å². The maximum Gasteiger partial charge on any atom is 0.140 e. The average molecular weight is 286 g/mol. The van der Waals surface area contributed by atoms with Crippen LogP contribution in [0.5, 0.6) is 17.2 Å². The molecule has 3 nitrogen and oxygen atoms in total. The molecule has 0 spiro atoms. The molecule has 4 heteroatoms. The summed E-state index contributed by atoms with van der Waals surface area (Å²) in [6, 6.07) is 15.1. The quantitative estimate of drug-likeness (QED) is 0.654. The summed E-state index contributed by atoms with van der Waals surface area (Å²) in [6.45, 7) is 0. The first-order chi connectivity index (χ1) is 9.78. The zero-order valence-corrected chi connectivity index (χ0v) is 11.6. The smallest absolute Gasteiger partial charge is 0.140 e. The largest absolute Gasteiger partial charge is 0.497 e. The second-order valence-electron chi connectivity index (χ2n) is 4.24. The first-order valence-electron chi connectivity index (χ1n) is 6.13. The Morgan fingerprint density at radius 2 is 1.80 bits per heavy atom. The summed E-state index contributed by atoms with van der Waals surface area (Å²) in [5, 5.41) is 2.23. The fraction of sp³-hybridized carbons (Fsp3) is 0.0625. The number of pyridine rings is 1. The van der Waals surface area contributed by atoms with Gasteiger partial charge >= 0.3 is 0 Å². The number of benzene rings is 2. The van der Waals surface area contributed by atoms with E-state index in [0.717, 1.165) is 16.5 Å². The molecular weight excluding hydrogens is 274 g/mol. The fourth-order valence-electron chi connectivity index (χ4n) is 2.03. The van der Waals surface area contributed by atoms with Gasteiger partial charge in [0.1, 0.15) is 22.4 Å². The molecule has 0 unspecified atom stereocenters. The van der Waals surface area contributed by atoms with Gasteiger partial charge in [0.2, 0.25) is 0 Å². The van der Waals surface area contributed by atoms with Crippen molar-refractivity contribution in [1.82, 2.24) is 4.98 Å². The van der Waals surface area contributed by atoms with E-state index in [1.54, 1.807) is 13.3 Å². The van der Waals surface area contributed by atoms with E-state index in [4.69, 9.17) is 21.1 Å². The van der Waals surface area contributed by atoms with Crippen LogP contribution in [-0.2, 0) is 0 Å². The van der Waals surface area contributed by atoms with Gasteiger partial charge in [-0.15, -0.1) is 0 Å². The lowest BCUT2D eigenvalue weighted by Gasteiger charge is -2.10. The molecular formula is C16H12ClNO2. The highest BCUT2D eigenvalue weighted by atomic mass is 35.5. The number of hydrogen-bond acceptors (Lipinski definition) is 3. The minimum Gasteiger partial charge on any atom is -0.497 e. The molecule has 1 aromatic heterocycles. The van der Waals surface area contributed by atoms with Crippen LogP contribution in [0, 0.1) is 0 Å². The number of aromatic nitrogens is 1. The lowest BCUT2D eigenvalue weighted by atomic mass is 10.1. The molecule has 0 saturated heterocycles. The minimum atomic E-state index is 0.431. The highest BCUT2D eigenvalue weighted by Gasteiger charge is 2.08. The third-order valence-corrected chi connectivity index (χ3v) is 3.26. The van der Waals surface area contributed by atoms with Crippen LogP contribution in [0.15, 0.2) is 54.7 Å². The van der Waals surface area contributed by atoms with Gasteiger partial charge in [-0.2, -0.15) is 0 Å². The molecule has 100 valence electrons. The highest BCUT2D eigenvalue weighted by molar-refractivity contribution is 6.34. The summed E-state index contributed by atoms with van der Waals surface area (Å²) in [5.41, 5.74) is 0. The van der Waals surface area contributed by atoms with Gasteiger partial charge in [-0.1, -0.05) is 29.8 Å². The first-order valence-corrected chi connectivity index (χ1v) is 6.51. The Kier molecular flexibility index (Phi) is 3.44. The van der Waals surface area contributed by atoms with Crippen molar-refractivity contribution in [1.29, 1.82) is 0 Å². The topological polar surface area (TPSA) is 31.4 Å². The van der Waals surface area contributed by atoms with E-state index in [9.17, 15) is 0 Å². The summed E-state index contributed by atoms with van der Waals surface area (Å²) < 4.78 is 11.1. The molecule has 1 heterocycles. The van der Waals surface area contributed by atoms with Crippen molar-refractivity contribution in [2.24, 2.45) is 0 Å². The van der Waals surface area contributed by atoms with Crippen LogP contribution in [0.1, 0.15) is 0 Å². The number of methoxy groups -OCH3 is 1. The van der Waals surface area contributed by atoms with Gasteiger partial charge in [0.15, 0.2) is 0 Å². The van der Waals surface area contributed by atoms with Gasteiger partial charge in [-0.25, -0.2) is 4.98 Å². The Balaban J connectivity index is 2.06. The molecule has 0 amide bonds. The molecule has 0 saturated carbocycles. The van der Waals surface area contributed by atoms with E-state index in [0.29, 0.717) is 16.7 Å². The number of fused-ring (bicyclic) bond motifs is 1. The zero-order chi connectivity index (χ0) is 13.9. The summed E-state index contributed by atoms with van der Waals surface area (Å²) in [4.78, 5) is 4.10. The molecule has 0 atom stereocenters. The van der Waals surface area contributed by atoms with Crippen LogP contribution in [0.4, 0.5) is 0 Å². The Morgan fingerprint density at radius 3 is 2.65 bits per heavy atom. The van der Waals surface area contributed by atoms with Crippen LogP contribution in [0.25, 0.3) is 10.8 Å². The SMILES string of the molecule is COc1cccc(Oc2cccc3ccnc(Cl)c23)c1. The fourth-order valence-corrected chi connectivity index (χ4v) is 2.29. The van der Waals surface area contributed by atoms with E-state index >= 15 is 0 Å². The van der Waals surface area contributed by atoms with Crippen molar-refractivity contribution in [3.05, 3.63) is 59.9 Å². The molecule has 0 aliphatic carbocycles. The number of ether oxygens (including phenoxy) is 2. The molecule has 20 heavy (non-hydrogen) atoms. The van der Waals surface area contributed by atoms with Gasteiger partial charge in [-0.3, -0.25) is 0 Å². The summed E-state index contributed by atoms with van der Waals surface area (Å²) in [5.74, 6) is 2.11. The second kappa shape index (κ2) is 5.39. The first kappa shape index (κ1) is 12.8. The average Bonchev–Trinajstić information content (AvgIpc) is 2.48. The molecule has 0 aliphatic heterocycles. The van der Waals surface area contributed by atoms with Crippen LogP contribution >= 0.6 is 11.6 Å². The number of halogens is 1. The Hall–Kier alpha value is -2.26. The minimum absolute atomic E-state index is 0.431. The number of hydrogen-bond donors (Lipinski definition) is 0. The Bertz CT molecular complexity index is 753.